The average Bonchev–Trinajstić information content (AvgIpc) is 3.10. The van der Waals surface area contributed by atoms with Crippen molar-refractivity contribution in [2.75, 3.05) is 27.3 Å². The van der Waals surface area contributed by atoms with Gasteiger partial charge in [-0.1, -0.05) is 0 Å². The molecule has 3 rings (SSSR count). The lowest BCUT2D eigenvalue weighted by molar-refractivity contribution is -0.121. The molecule has 1 fully saturated rings. The summed E-state index contributed by atoms with van der Waals surface area (Å²) in [4.78, 5) is 16.8. The lowest BCUT2D eigenvalue weighted by atomic mass is 10.1. The van der Waals surface area contributed by atoms with Gasteiger partial charge in [-0.05, 0) is 37.6 Å². The third kappa shape index (κ3) is 6.24. The van der Waals surface area contributed by atoms with E-state index in [2.05, 4.69) is 15.6 Å². The largest absolute Gasteiger partial charge is 0.493 e. The van der Waals surface area contributed by atoms with Gasteiger partial charge in [0.2, 0.25) is 5.91 Å². The van der Waals surface area contributed by atoms with Gasteiger partial charge in [-0.3, -0.25) is 4.79 Å². The highest BCUT2D eigenvalue weighted by molar-refractivity contribution is 7.13. The summed E-state index contributed by atoms with van der Waals surface area (Å²) in [6.07, 6.45) is 2.44. The molecule has 1 atom stereocenters. The van der Waals surface area contributed by atoms with Gasteiger partial charge in [-0.25, -0.2) is 4.98 Å². The van der Waals surface area contributed by atoms with Crippen molar-refractivity contribution in [2.24, 2.45) is 0 Å². The Kier molecular flexibility index (Phi) is 9.87. The average molecular weight is 434 g/mol. The van der Waals surface area contributed by atoms with E-state index in [9.17, 15) is 4.79 Å². The van der Waals surface area contributed by atoms with E-state index in [1.54, 1.807) is 14.2 Å². The van der Waals surface area contributed by atoms with Gasteiger partial charge in [0.25, 0.3) is 0 Å². The maximum atomic E-state index is 12.2. The number of carbonyl (C=O) groups is 1. The Balaban J connectivity index is 0.00000182. The Bertz CT molecular complexity index is 736. The molecule has 2 aromatic rings. The number of benzene rings is 1. The summed E-state index contributed by atoms with van der Waals surface area (Å²) in [7, 11) is 3.22. The maximum Gasteiger partial charge on any atom is 0.226 e. The fourth-order valence-electron chi connectivity index (χ4n) is 2.91. The maximum absolute atomic E-state index is 12.2. The molecule has 9 heteroatoms. The van der Waals surface area contributed by atoms with E-state index in [1.807, 2.05) is 23.6 Å². The number of aromatic nitrogens is 1. The highest BCUT2D eigenvalue weighted by Crippen LogP contribution is 2.33. The van der Waals surface area contributed by atoms with Crippen LogP contribution in [0.2, 0.25) is 0 Å². The molecule has 6 nitrogen and oxygen atoms in total. The number of piperidine rings is 1. The minimum atomic E-state index is 0. The molecule has 1 aliphatic rings. The van der Waals surface area contributed by atoms with Gasteiger partial charge in [0.05, 0.1) is 26.3 Å². The molecule has 1 amide bonds. The number of hydrogen-bond donors (Lipinski definition) is 2. The summed E-state index contributed by atoms with van der Waals surface area (Å²) in [6.45, 7) is 1.88. The molecule has 0 radical (unpaired) electrons. The van der Waals surface area contributed by atoms with Crippen LogP contribution in [0.5, 0.6) is 11.5 Å². The summed E-state index contributed by atoms with van der Waals surface area (Å²) in [5, 5.41) is 9.17. The van der Waals surface area contributed by atoms with Crippen LogP contribution in [0.15, 0.2) is 23.6 Å². The Labute approximate surface area is 175 Å². The van der Waals surface area contributed by atoms with Crippen LogP contribution in [0, 0.1) is 0 Å². The van der Waals surface area contributed by atoms with Crippen LogP contribution in [-0.4, -0.2) is 44.2 Å². The van der Waals surface area contributed by atoms with Crippen molar-refractivity contribution >= 4 is 42.1 Å². The lowest BCUT2D eigenvalue weighted by Gasteiger charge is -2.23. The summed E-state index contributed by atoms with van der Waals surface area (Å²) in [5.74, 6) is 1.38. The number of nitrogens with zero attached hydrogens (tertiary/aromatic N) is 1. The van der Waals surface area contributed by atoms with Crippen LogP contribution in [0.3, 0.4) is 0 Å². The molecule has 0 unspecified atom stereocenters. The zero-order valence-electron chi connectivity index (χ0n) is 15.3. The van der Waals surface area contributed by atoms with Crippen molar-refractivity contribution in [3.63, 3.8) is 0 Å². The predicted molar refractivity (Wildman–Crippen MR) is 113 cm³/mol. The number of amides is 1. The van der Waals surface area contributed by atoms with Crippen molar-refractivity contribution in [2.45, 2.75) is 25.3 Å². The number of methoxy groups -OCH3 is 2. The SMILES string of the molecule is COc1ccc(-c2nc(CC(=O)N[C@H]3CCCNC3)cs2)cc1OC.Cl.Cl. The predicted octanol–water partition coefficient (Wildman–Crippen LogP) is 3.08. The van der Waals surface area contributed by atoms with Crippen molar-refractivity contribution in [3.8, 4) is 22.1 Å². The van der Waals surface area contributed by atoms with E-state index in [4.69, 9.17) is 9.47 Å². The number of carbonyl (C=O) groups excluding carboxylic acids is 1. The van der Waals surface area contributed by atoms with Crippen LogP contribution >= 0.6 is 36.2 Å². The smallest absolute Gasteiger partial charge is 0.226 e. The molecule has 1 aromatic carbocycles. The molecule has 2 heterocycles. The van der Waals surface area contributed by atoms with Crippen molar-refractivity contribution in [1.29, 1.82) is 0 Å². The van der Waals surface area contributed by atoms with Crippen molar-refractivity contribution < 1.29 is 14.3 Å². The monoisotopic (exact) mass is 433 g/mol. The van der Waals surface area contributed by atoms with E-state index in [0.717, 1.165) is 42.2 Å². The van der Waals surface area contributed by atoms with Gasteiger partial charge in [-0.2, -0.15) is 0 Å². The topological polar surface area (TPSA) is 72.5 Å². The standard InChI is InChI=1S/C18H23N3O3S.2ClH/c1-23-15-6-5-12(8-16(15)24-2)18-21-14(11-25-18)9-17(22)20-13-4-3-7-19-10-13;;/h5-6,8,11,13,19H,3-4,7,9-10H2,1-2H3,(H,20,22);2*1H/t13-;;/m0../s1. The summed E-state index contributed by atoms with van der Waals surface area (Å²) in [5.41, 5.74) is 1.74. The zero-order valence-corrected chi connectivity index (χ0v) is 17.8. The van der Waals surface area contributed by atoms with E-state index in [0.29, 0.717) is 17.9 Å². The minimum absolute atomic E-state index is 0. The summed E-state index contributed by atoms with van der Waals surface area (Å²) < 4.78 is 10.6. The Hall–Kier alpha value is -1.54. The fraction of sp³-hybridized carbons (Fsp3) is 0.444. The molecular formula is C18H25Cl2N3O3S. The van der Waals surface area contributed by atoms with Gasteiger partial charge in [0, 0.05) is 23.5 Å². The number of nitrogens with one attached hydrogen (secondary N) is 2. The van der Waals surface area contributed by atoms with E-state index < -0.39 is 0 Å². The molecule has 27 heavy (non-hydrogen) atoms. The highest BCUT2D eigenvalue weighted by atomic mass is 35.5. The number of hydrogen-bond acceptors (Lipinski definition) is 6. The Morgan fingerprint density at radius 3 is 2.74 bits per heavy atom. The van der Waals surface area contributed by atoms with Crippen molar-refractivity contribution in [1.82, 2.24) is 15.6 Å². The van der Waals surface area contributed by atoms with Gasteiger partial charge < -0.3 is 20.1 Å². The second kappa shape index (κ2) is 11.3. The molecule has 0 bridgehead atoms. The molecule has 1 aliphatic heterocycles. The van der Waals surface area contributed by atoms with Crippen LogP contribution < -0.4 is 20.1 Å². The quantitative estimate of drug-likeness (QED) is 0.731. The van der Waals surface area contributed by atoms with Gasteiger partial charge in [0.15, 0.2) is 11.5 Å². The number of rotatable bonds is 6. The second-order valence-corrected chi connectivity index (χ2v) is 6.86. The van der Waals surface area contributed by atoms with Crippen LogP contribution in [0.25, 0.3) is 10.6 Å². The Morgan fingerprint density at radius 1 is 1.30 bits per heavy atom. The van der Waals surface area contributed by atoms with Crippen LogP contribution in [0.4, 0.5) is 0 Å². The first-order valence-electron chi connectivity index (χ1n) is 8.36. The molecule has 150 valence electrons. The first-order chi connectivity index (χ1) is 12.2. The molecular weight excluding hydrogens is 409 g/mol. The number of thiazole rings is 1. The van der Waals surface area contributed by atoms with Gasteiger partial charge in [-0.15, -0.1) is 36.2 Å². The fourth-order valence-corrected chi connectivity index (χ4v) is 3.72. The molecule has 2 N–H and O–H groups in total. The number of ether oxygens (including phenoxy) is 2. The number of halogens is 2. The molecule has 0 spiro atoms. The molecule has 1 saturated heterocycles. The third-order valence-corrected chi connectivity index (χ3v) is 5.13. The lowest BCUT2D eigenvalue weighted by Crippen LogP contribution is -2.46. The van der Waals surface area contributed by atoms with Crippen LogP contribution in [0.1, 0.15) is 18.5 Å². The van der Waals surface area contributed by atoms with Crippen molar-refractivity contribution in [3.05, 3.63) is 29.3 Å². The first-order valence-corrected chi connectivity index (χ1v) is 9.24. The first kappa shape index (κ1) is 23.5. The molecule has 0 aliphatic carbocycles. The van der Waals surface area contributed by atoms with Gasteiger partial charge in [0.1, 0.15) is 5.01 Å². The zero-order chi connectivity index (χ0) is 17.6. The van der Waals surface area contributed by atoms with E-state index in [1.165, 1.54) is 11.3 Å². The summed E-state index contributed by atoms with van der Waals surface area (Å²) in [6, 6.07) is 5.93. The van der Waals surface area contributed by atoms with E-state index in [-0.39, 0.29) is 36.8 Å². The van der Waals surface area contributed by atoms with E-state index >= 15 is 0 Å². The highest BCUT2D eigenvalue weighted by Gasteiger charge is 2.17. The minimum Gasteiger partial charge on any atom is -0.493 e. The summed E-state index contributed by atoms with van der Waals surface area (Å²) >= 11 is 1.52. The normalized spacial score (nSPS) is 15.9. The van der Waals surface area contributed by atoms with Gasteiger partial charge >= 0.3 is 0 Å². The second-order valence-electron chi connectivity index (χ2n) is 6.00. The van der Waals surface area contributed by atoms with Crippen LogP contribution in [-0.2, 0) is 11.2 Å². The molecule has 0 saturated carbocycles. The molecule has 1 aromatic heterocycles. The third-order valence-electron chi connectivity index (χ3n) is 4.19. The Morgan fingerprint density at radius 2 is 2.07 bits per heavy atom.